The molecular formula is C15H15N5O. The van der Waals surface area contributed by atoms with Crippen LogP contribution in [0.15, 0.2) is 48.9 Å². The van der Waals surface area contributed by atoms with E-state index < -0.39 is 0 Å². The fourth-order valence-electron chi connectivity index (χ4n) is 2.04. The minimum absolute atomic E-state index is 0.131. The number of nitrogens with two attached hydrogens (primary N) is 1. The van der Waals surface area contributed by atoms with Gasteiger partial charge in [0.25, 0.3) is 5.91 Å². The molecule has 6 nitrogen and oxygen atoms in total. The number of amides is 1. The second-order valence-electron chi connectivity index (χ2n) is 4.72. The largest absolute Gasteiger partial charge is 0.348 e. The normalized spacial score (nSPS) is 10.7. The van der Waals surface area contributed by atoms with E-state index in [4.69, 9.17) is 5.73 Å². The molecule has 0 atom stereocenters. The van der Waals surface area contributed by atoms with Crippen LogP contribution in [0.2, 0.25) is 0 Å². The first-order chi connectivity index (χ1) is 10.3. The lowest BCUT2D eigenvalue weighted by Crippen LogP contribution is -2.23. The Hall–Kier alpha value is -2.73. The Morgan fingerprint density at radius 3 is 2.67 bits per heavy atom. The van der Waals surface area contributed by atoms with E-state index in [9.17, 15) is 4.79 Å². The number of aromatic nitrogens is 3. The number of rotatable bonds is 4. The number of fused-ring (bicyclic) bond motifs is 1. The van der Waals surface area contributed by atoms with E-state index in [1.54, 1.807) is 29.1 Å². The van der Waals surface area contributed by atoms with Gasteiger partial charge in [-0.1, -0.05) is 24.3 Å². The minimum Gasteiger partial charge on any atom is -0.348 e. The Balaban J connectivity index is 1.67. The summed E-state index contributed by atoms with van der Waals surface area (Å²) in [5, 5.41) is 10.6. The van der Waals surface area contributed by atoms with Gasteiger partial charge in [-0.05, 0) is 23.3 Å². The fraction of sp³-hybridized carbons (Fsp3) is 0.133. The topological polar surface area (TPSA) is 85.3 Å². The maximum atomic E-state index is 12.1. The SMILES string of the molecule is NCc1ccc(CNC(=O)c2ccc3nncn3c2)cc1. The van der Waals surface area contributed by atoms with E-state index in [0.29, 0.717) is 24.3 Å². The van der Waals surface area contributed by atoms with Gasteiger partial charge in [0.05, 0.1) is 5.56 Å². The predicted octanol–water partition coefficient (Wildman–Crippen LogP) is 1.12. The lowest BCUT2D eigenvalue weighted by Gasteiger charge is -2.06. The van der Waals surface area contributed by atoms with Crippen LogP contribution < -0.4 is 11.1 Å². The number of carbonyl (C=O) groups excluding carboxylic acids is 1. The summed E-state index contributed by atoms with van der Waals surface area (Å²) >= 11 is 0. The molecule has 3 rings (SSSR count). The van der Waals surface area contributed by atoms with Crippen LogP contribution in [0.3, 0.4) is 0 Å². The summed E-state index contributed by atoms with van der Waals surface area (Å²) in [6, 6.07) is 11.3. The standard InChI is InChI=1S/C15H15N5O/c16-7-11-1-3-12(4-2-11)8-17-15(21)13-5-6-14-19-18-10-20(14)9-13/h1-6,9-10H,7-8,16H2,(H,17,21). The quantitative estimate of drug-likeness (QED) is 0.750. The molecule has 0 aliphatic rings. The van der Waals surface area contributed by atoms with E-state index in [-0.39, 0.29) is 5.91 Å². The van der Waals surface area contributed by atoms with Crippen molar-refractivity contribution in [1.82, 2.24) is 19.9 Å². The van der Waals surface area contributed by atoms with Gasteiger partial charge < -0.3 is 11.1 Å². The molecule has 0 bridgehead atoms. The van der Waals surface area contributed by atoms with Crippen molar-refractivity contribution in [2.45, 2.75) is 13.1 Å². The lowest BCUT2D eigenvalue weighted by molar-refractivity contribution is 0.0950. The highest BCUT2D eigenvalue weighted by atomic mass is 16.1. The van der Waals surface area contributed by atoms with Gasteiger partial charge in [-0.2, -0.15) is 0 Å². The summed E-state index contributed by atoms with van der Waals surface area (Å²) in [6.07, 6.45) is 3.28. The van der Waals surface area contributed by atoms with Gasteiger partial charge in [-0.15, -0.1) is 10.2 Å². The molecule has 1 aromatic carbocycles. The van der Waals surface area contributed by atoms with Crippen molar-refractivity contribution in [3.05, 3.63) is 65.6 Å². The first-order valence-electron chi connectivity index (χ1n) is 6.62. The highest BCUT2D eigenvalue weighted by Crippen LogP contribution is 2.06. The van der Waals surface area contributed by atoms with Gasteiger partial charge in [-0.25, -0.2) is 0 Å². The average molecular weight is 281 g/mol. The molecule has 1 amide bonds. The number of hydrogen-bond donors (Lipinski definition) is 2. The van der Waals surface area contributed by atoms with Crippen LogP contribution in [0.1, 0.15) is 21.5 Å². The summed E-state index contributed by atoms with van der Waals surface area (Å²) in [6.45, 7) is 0.996. The first kappa shape index (κ1) is 13.3. The van der Waals surface area contributed by atoms with Gasteiger partial charge in [0.1, 0.15) is 6.33 Å². The van der Waals surface area contributed by atoms with Crippen molar-refractivity contribution in [3.63, 3.8) is 0 Å². The van der Waals surface area contributed by atoms with E-state index >= 15 is 0 Å². The molecule has 3 N–H and O–H groups in total. The molecule has 6 heteroatoms. The van der Waals surface area contributed by atoms with Crippen LogP contribution in [0.25, 0.3) is 5.65 Å². The number of nitrogens with one attached hydrogen (secondary N) is 1. The molecule has 0 aliphatic heterocycles. The summed E-state index contributed by atoms with van der Waals surface area (Å²) in [7, 11) is 0. The van der Waals surface area contributed by atoms with Crippen LogP contribution in [-0.4, -0.2) is 20.5 Å². The minimum atomic E-state index is -0.131. The zero-order chi connectivity index (χ0) is 14.7. The number of benzene rings is 1. The van der Waals surface area contributed by atoms with Crippen LogP contribution in [0, 0.1) is 0 Å². The maximum Gasteiger partial charge on any atom is 0.253 e. The van der Waals surface area contributed by atoms with Gasteiger partial charge in [0, 0.05) is 19.3 Å². The molecular weight excluding hydrogens is 266 g/mol. The maximum absolute atomic E-state index is 12.1. The molecule has 0 saturated carbocycles. The van der Waals surface area contributed by atoms with E-state index in [0.717, 1.165) is 11.1 Å². The molecule has 0 saturated heterocycles. The Morgan fingerprint density at radius 2 is 1.90 bits per heavy atom. The Morgan fingerprint density at radius 1 is 1.14 bits per heavy atom. The molecule has 21 heavy (non-hydrogen) atoms. The number of pyridine rings is 1. The molecule has 0 fully saturated rings. The molecule has 0 spiro atoms. The van der Waals surface area contributed by atoms with Gasteiger partial charge in [0.15, 0.2) is 5.65 Å². The molecule has 2 aromatic heterocycles. The second kappa shape index (κ2) is 5.72. The van der Waals surface area contributed by atoms with E-state index in [1.165, 1.54) is 0 Å². The van der Waals surface area contributed by atoms with Crippen molar-refractivity contribution in [1.29, 1.82) is 0 Å². The third-order valence-corrected chi connectivity index (χ3v) is 3.26. The summed E-state index contributed by atoms with van der Waals surface area (Å²) in [4.78, 5) is 12.1. The summed E-state index contributed by atoms with van der Waals surface area (Å²) in [5.41, 5.74) is 8.94. The van der Waals surface area contributed by atoms with Crippen molar-refractivity contribution in [2.24, 2.45) is 5.73 Å². The zero-order valence-corrected chi connectivity index (χ0v) is 11.4. The van der Waals surface area contributed by atoms with Crippen molar-refractivity contribution < 1.29 is 4.79 Å². The molecule has 0 radical (unpaired) electrons. The number of nitrogens with zero attached hydrogens (tertiary/aromatic N) is 3. The monoisotopic (exact) mass is 281 g/mol. The highest BCUT2D eigenvalue weighted by molar-refractivity contribution is 5.94. The summed E-state index contributed by atoms with van der Waals surface area (Å²) in [5.74, 6) is -0.131. The van der Waals surface area contributed by atoms with Crippen LogP contribution in [0.5, 0.6) is 0 Å². The second-order valence-corrected chi connectivity index (χ2v) is 4.72. The van der Waals surface area contributed by atoms with E-state index in [2.05, 4.69) is 15.5 Å². The summed E-state index contributed by atoms with van der Waals surface area (Å²) < 4.78 is 1.71. The molecule has 106 valence electrons. The molecule has 0 unspecified atom stereocenters. The van der Waals surface area contributed by atoms with Gasteiger partial charge >= 0.3 is 0 Å². The Kier molecular flexibility index (Phi) is 3.61. The number of carbonyl (C=O) groups is 1. The average Bonchev–Trinajstić information content (AvgIpc) is 3.00. The third-order valence-electron chi connectivity index (χ3n) is 3.26. The molecule has 3 aromatic rings. The first-order valence-corrected chi connectivity index (χ1v) is 6.62. The van der Waals surface area contributed by atoms with Gasteiger partial charge in [0.2, 0.25) is 0 Å². The molecule has 2 heterocycles. The van der Waals surface area contributed by atoms with Crippen LogP contribution in [-0.2, 0) is 13.1 Å². The van der Waals surface area contributed by atoms with E-state index in [1.807, 2.05) is 24.3 Å². The highest BCUT2D eigenvalue weighted by Gasteiger charge is 2.06. The smallest absolute Gasteiger partial charge is 0.253 e. The number of hydrogen-bond acceptors (Lipinski definition) is 4. The zero-order valence-electron chi connectivity index (χ0n) is 11.4. The Bertz CT molecular complexity index is 763. The van der Waals surface area contributed by atoms with Gasteiger partial charge in [-0.3, -0.25) is 9.20 Å². The van der Waals surface area contributed by atoms with Crippen LogP contribution in [0.4, 0.5) is 0 Å². The van der Waals surface area contributed by atoms with Crippen LogP contribution >= 0.6 is 0 Å². The Labute approximate surface area is 121 Å². The third kappa shape index (κ3) is 2.90. The fourth-order valence-corrected chi connectivity index (χ4v) is 2.04. The predicted molar refractivity (Wildman–Crippen MR) is 78.5 cm³/mol. The van der Waals surface area contributed by atoms with Crippen molar-refractivity contribution >= 4 is 11.6 Å². The lowest BCUT2D eigenvalue weighted by atomic mass is 10.1. The van der Waals surface area contributed by atoms with Crippen molar-refractivity contribution in [3.8, 4) is 0 Å². The molecule has 0 aliphatic carbocycles. The van der Waals surface area contributed by atoms with Crippen molar-refractivity contribution in [2.75, 3.05) is 0 Å².